The van der Waals surface area contributed by atoms with Gasteiger partial charge in [0.2, 0.25) is 0 Å². The van der Waals surface area contributed by atoms with E-state index < -0.39 is 0 Å². The second-order valence-corrected chi connectivity index (χ2v) is 7.74. The molecule has 2 saturated heterocycles. The van der Waals surface area contributed by atoms with Crippen molar-refractivity contribution in [2.45, 2.75) is 38.8 Å². The quantitative estimate of drug-likeness (QED) is 0.860. The van der Waals surface area contributed by atoms with Crippen molar-refractivity contribution in [3.63, 3.8) is 0 Å². The first-order valence-electron chi connectivity index (χ1n) is 10.2. The minimum absolute atomic E-state index is 0.00589. The fraction of sp³-hybridized carbons (Fsp3) is 0.600. The Morgan fingerprint density at radius 1 is 1.21 bits per heavy atom. The number of pyridine rings is 1. The van der Waals surface area contributed by atoms with Gasteiger partial charge in [-0.1, -0.05) is 11.3 Å². The highest BCUT2D eigenvalue weighted by molar-refractivity contribution is 5.93. The number of hydrogen-bond donors (Lipinski definition) is 1. The lowest BCUT2D eigenvalue weighted by Crippen LogP contribution is -2.49. The van der Waals surface area contributed by atoms with Crippen molar-refractivity contribution in [3.8, 4) is 0 Å². The highest BCUT2D eigenvalue weighted by Crippen LogP contribution is 2.23. The van der Waals surface area contributed by atoms with E-state index in [2.05, 4.69) is 38.5 Å². The van der Waals surface area contributed by atoms with Crippen LogP contribution in [0.1, 0.15) is 53.6 Å². The van der Waals surface area contributed by atoms with Crippen molar-refractivity contribution in [1.82, 2.24) is 35.1 Å². The zero-order chi connectivity index (χ0) is 19.5. The van der Waals surface area contributed by atoms with Crippen LogP contribution in [0.25, 0.3) is 0 Å². The second-order valence-electron chi connectivity index (χ2n) is 7.74. The van der Waals surface area contributed by atoms with E-state index in [4.69, 9.17) is 0 Å². The number of aromatic nitrogens is 4. The molecule has 0 spiro atoms. The number of hydrogen-bond acceptors (Lipinski definition) is 6. The third-order valence-electron chi connectivity index (χ3n) is 6.10. The molecule has 1 atom stereocenters. The number of piperidine rings is 1. The molecule has 4 rings (SSSR count). The summed E-state index contributed by atoms with van der Waals surface area (Å²) >= 11 is 0. The van der Waals surface area contributed by atoms with Gasteiger partial charge in [0, 0.05) is 44.6 Å². The van der Waals surface area contributed by atoms with Crippen LogP contribution in [0.5, 0.6) is 0 Å². The Bertz CT molecular complexity index is 792. The maximum absolute atomic E-state index is 13.0. The van der Waals surface area contributed by atoms with Crippen LogP contribution in [0, 0.1) is 6.92 Å². The standard InChI is InChI=1S/C20H29N7O/c1-15(17-4-3-7-22-14-17)25-10-12-26(13-11-25)20(28)19-16(2)27(24-23-19)18-5-8-21-9-6-18/h3-4,7,14-15,18,21H,5-6,8-13H2,1-2H3/t15-/m1/s1. The lowest BCUT2D eigenvalue weighted by Gasteiger charge is -2.38. The van der Waals surface area contributed by atoms with Gasteiger partial charge < -0.3 is 10.2 Å². The van der Waals surface area contributed by atoms with Crippen LogP contribution < -0.4 is 5.32 Å². The summed E-state index contributed by atoms with van der Waals surface area (Å²) in [5, 5.41) is 11.9. The summed E-state index contributed by atoms with van der Waals surface area (Å²) < 4.78 is 1.95. The molecule has 1 N–H and O–H groups in total. The van der Waals surface area contributed by atoms with Gasteiger partial charge in [-0.2, -0.15) is 0 Å². The summed E-state index contributed by atoms with van der Waals surface area (Å²) in [6, 6.07) is 4.72. The molecule has 2 aliphatic heterocycles. The minimum atomic E-state index is 0.00589. The van der Waals surface area contributed by atoms with Crippen LogP contribution in [0.15, 0.2) is 24.5 Å². The predicted octanol–water partition coefficient (Wildman–Crippen LogP) is 1.43. The SMILES string of the molecule is Cc1c(C(=O)N2CCN([C@H](C)c3cccnc3)CC2)nnn1C1CCNCC1. The monoisotopic (exact) mass is 383 g/mol. The van der Waals surface area contributed by atoms with Crippen molar-refractivity contribution in [2.24, 2.45) is 0 Å². The molecular formula is C20H29N7O. The molecule has 0 unspecified atom stereocenters. The average molecular weight is 384 g/mol. The number of nitrogens with one attached hydrogen (secondary N) is 1. The zero-order valence-corrected chi connectivity index (χ0v) is 16.7. The van der Waals surface area contributed by atoms with Gasteiger partial charge in [0.05, 0.1) is 11.7 Å². The molecule has 0 aromatic carbocycles. The first kappa shape index (κ1) is 19.0. The van der Waals surface area contributed by atoms with Crippen LogP contribution in [-0.4, -0.2) is 75.0 Å². The van der Waals surface area contributed by atoms with E-state index in [9.17, 15) is 4.79 Å². The van der Waals surface area contributed by atoms with Gasteiger partial charge in [0.15, 0.2) is 5.69 Å². The third kappa shape index (κ3) is 3.79. The van der Waals surface area contributed by atoms with Crippen LogP contribution in [0.3, 0.4) is 0 Å². The van der Waals surface area contributed by atoms with E-state index in [1.807, 2.05) is 28.8 Å². The number of amides is 1. The molecule has 0 aliphatic carbocycles. The fourth-order valence-electron chi connectivity index (χ4n) is 4.23. The number of carbonyl (C=O) groups excluding carboxylic acids is 1. The first-order valence-corrected chi connectivity index (χ1v) is 10.2. The summed E-state index contributed by atoms with van der Waals surface area (Å²) in [5.41, 5.74) is 2.61. The molecule has 2 aromatic heterocycles. The van der Waals surface area contributed by atoms with Crippen LogP contribution in [-0.2, 0) is 0 Å². The smallest absolute Gasteiger partial charge is 0.276 e. The Kier molecular flexibility index (Phi) is 5.68. The summed E-state index contributed by atoms with van der Waals surface area (Å²) in [6.07, 6.45) is 5.78. The van der Waals surface area contributed by atoms with E-state index in [1.54, 1.807) is 6.20 Å². The summed E-state index contributed by atoms with van der Waals surface area (Å²) in [5.74, 6) is 0.00589. The molecule has 2 fully saturated rings. The molecule has 8 nitrogen and oxygen atoms in total. The van der Waals surface area contributed by atoms with Crippen molar-refractivity contribution in [1.29, 1.82) is 0 Å². The maximum Gasteiger partial charge on any atom is 0.276 e. The maximum atomic E-state index is 13.0. The van der Waals surface area contributed by atoms with Crippen LogP contribution in [0.4, 0.5) is 0 Å². The number of rotatable bonds is 4. The largest absolute Gasteiger partial charge is 0.335 e. The van der Waals surface area contributed by atoms with Gasteiger partial charge in [0.25, 0.3) is 5.91 Å². The zero-order valence-electron chi connectivity index (χ0n) is 16.7. The normalized spacial score (nSPS) is 20.3. The Morgan fingerprint density at radius 3 is 2.64 bits per heavy atom. The minimum Gasteiger partial charge on any atom is -0.335 e. The molecule has 0 radical (unpaired) electrons. The van der Waals surface area contributed by atoms with Gasteiger partial charge in [-0.3, -0.25) is 14.7 Å². The van der Waals surface area contributed by atoms with E-state index in [-0.39, 0.29) is 5.91 Å². The van der Waals surface area contributed by atoms with Crippen molar-refractivity contribution in [2.75, 3.05) is 39.3 Å². The molecule has 28 heavy (non-hydrogen) atoms. The van der Waals surface area contributed by atoms with E-state index in [0.717, 1.165) is 44.7 Å². The van der Waals surface area contributed by atoms with Gasteiger partial charge in [-0.05, 0) is 51.4 Å². The molecule has 8 heteroatoms. The number of carbonyl (C=O) groups is 1. The highest BCUT2D eigenvalue weighted by Gasteiger charge is 2.29. The molecule has 0 bridgehead atoms. The molecule has 0 saturated carbocycles. The average Bonchev–Trinajstić information content (AvgIpc) is 3.15. The summed E-state index contributed by atoms with van der Waals surface area (Å²) in [6.45, 7) is 9.27. The second kappa shape index (κ2) is 8.36. The lowest BCUT2D eigenvalue weighted by molar-refractivity contribution is 0.0575. The van der Waals surface area contributed by atoms with Gasteiger partial charge >= 0.3 is 0 Å². The Morgan fingerprint density at radius 2 is 1.96 bits per heavy atom. The summed E-state index contributed by atoms with van der Waals surface area (Å²) in [7, 11) is 0. The number of nitrogens with zero attached hydrogens (tertiary/aromatic N) is 6. The van der Waals surface area contributed by atoms with E-state index in [0.29, 0.717) is 30.9 Å². The van der Waals surface area contributed by atoms with Crippen LogP contribution in [0.2, 0.25) is 0 Å². The predicted molar refractivity (Wildman–Crippen MR) is 106 cm³/mol. The summed E-state index contributed by atoms with van der Waals surface area (Å²) in [4.78, 5) is 21.6. The Labute approximate surface area is 165 Å². The van der Waals surface area contributed by atoms with Gasteiger partial charge in [0.1, 0.15) is 0 Å². The molecule has 1 amide bonds. The molecule has 4 heterocycles. The van der Waals surface area contributed by atoms with Crippen molar-refractivity contribution in [3.05, 3.63) is 41.5 Å². The van der Waals surface area contributed by atoms with Crippen molar-refractivity contribution < 1.29 is 4.79 Å². The van der Waals surface area contributed by atoms with E-state index >= 15 is 0 Å². The van der Waals surface area contributed by atoms with E-state index in [1.165, 1.54) is 5.56 Å². The molecular weight excluding hydrogens is 354 g/mol. The van der Waals surface area contributed by atoms with Gasteiger partial charge in [-0.15, -0.1) is 5.10 Å². The third-order valence-corrected chi connectivity index (χ3v) is 6.10. The Balaban J connectivity index is 1.38. The first-order chi connectivity index (χ1) is 13.6. The molecule has 2 aromatic rings. The fourth-order valence-corrected chi connectivity index (χ4v) is 4.23. The topological polar surface area (TPSA) is 79.2 Å². The molecule has 2 aliphatic rings. The van der Waals surface area contributed by atoms with Crippen molar-refractivity contribution >= 4 is 5.91 Å². The Hall–Kier alpha value is -2.32. The van der Waals surface area contributed by atoms with Crippen LogP contribution >= 0.6 is 0 Å². The lowest BCUT2D eigenvalue weighted by atomic mass is 10.1. The van der Waals surface area contributed by atoms with Gasteiger partial charge in [-0.25, -0.2) is 4.68 Å². The number of piperazine rings is 1. The molecule has 150 valence electrons. The highest BCUT2D eigenvalue weighted by atomic mass is 16.2.